The summed E-state index contributed by atoms with van der Waals surface area (Å²) >= 11 is 0. The van der Waals surface area contributed by atoms with Crippen LogP contribution in [0.1, 0.15) is 12.2 Å². The third-order valence-corrected chi connectivity index (χ3v) is 3.33. The summed E-state index contributed by atoms with van der Waals surface area (Å²) in [7, 11) is 1.99. The molecule has 1 aromatic rings. The van der Waals surface area contributed by atoms with Gasteiger partial charge in [0.1, 0.15) is 5.82 Å². The van der Waals surface area contributed by atoms with Crippen molar-refractivity contribution in [2.24, 2.45) is 7.05 Å². The summed E-state index contributed by atoms with van der Waals surface area (Å²) in [6.45, 7) is 4.36. The minimum absolute atomic E-state index is 0.216. The van der Waals surface area contributed by atoms with Crippen LogP contribution in [0.5, 0.6) is 0 Å². The zero-order valence-corrected chi connectivity index (χ0v) is 11.5. The molecular weight excluding hydrogens is 244 g/mol. The first-order chi connectivity index (χ1) is 9.27. The normalized spacial score (nSPS) is 15.7. The van der Waals surface area contributed by atoms with Gasteiger partial charge in [0.25, 0.3) is 0 Å². The van der Waals surface area contributed by atoms with E-state index in [0.29, 0.717) is 19.6 Å². The standard InChI is InChI=1S/C13H22N4O2/c1-16-7-6-15-12(16)2-4-14-5-3-13(18)17-8-10-19-11-9-17/h6-7,14H,2-5,8-11H2,1H3. The molecule has 0 aliphatic carbocycles. The minimum Gasteiger partial charge on any atom is -0.378 e. The van der Waals surface area contributed by atoms with E-state index in [2.05, 4.69) is 10.3 Å². The van der Waals surface area contributed by atoms with Crippen LogP contribution < -0.4 is 5.32 Å². The molecule has 19 heavy (non-hydrogen) atoms. The second kappa shape index (κ2) is 7.25. The highest BCUT2D eigenvalue weighted by molar-refractivity contribution is 5.76. The maximum atomic E-state index is 11.9. The van der Waals surface area contributed by atoms with Crippen molar-refractivity contribution in [1.29, 1.82) is 0 Å². The van der Waals surface area contributed by atoms with Crippen LogP contribution in [-0.2, 0) is 23.0 Å². The van der Waals surface area contributed by atoms with Crippen LogP contribution in [0.15, 0.2) is 12.4 Å². The van der Waals surface area contributed by atoms with Crippen molar-refractivity contribution in [3.8, 4) is 0 Å². The SMILES string of the molecule is Cn1ccnc1CCNCCC(=O)N1CCOCC1. The molecule has 1 N–H and O–H groups in total. The van der Waals surface area contributed by atoms with Gasteiger partial charge in [-0.2, -0.15) is 0 Å². The van der Waals surface area contributed by atoms with Crippen molar-refractivity contribution in [2.75, 3.05) is 39.4 Å². The van der Waals surface area contributed by atoms with Crippen molar-refractivity contribution >= 4 is 5.91 Å². The Labute approximate surface area is 113 Å². The van der Waals surface area contributed by atoms with Gasteiger partial charge in [-0.3, -0.25) is 4.79 Å². The lowest BCUT2D eigenvalue weighted by atomic mass is 10.3. The van der Waals surface area contributed by atoms with Crippen LogP contribution in [0.4, 0.5) is 0 Å². The minimum atomic E-state index is 0.216. The van der Waals surface area contributed by atoms with E-state index in [1.54, 1.807) is 6.20 Å². The molecule has 106 valence electrons. The number of ether oxygens (including phenoxy) is 1. The zero-order valence-electron chi connectivity index (χ0n) is 11.5. The molecule has 0 unspecified atom stereocenters. The molecule has 0 radical (unpaired) electrons. The van der Waals surface area contributed by atoms with Gasteiger partial charge in [0.15, 0.2) is 0 Å². The number of aromatic nitrogens is 2. The summed E-state index contributed by atoms with van der Waals surface area (Å²) in [5, 5.41) is 3.29. The van der Waals surface area contributed by atoms with E-state index in [1.165, 1.54) is 0 Å². The molecule has 1 aliphatic rings. The smallest absolute Gasteiger partial charge is 0.224 e. The van der Waals surface area contributed by atoms with E-state index in [0.717, 1.165) is 38.4 Å². The molecule has 1 amide bonds. The molecule has 1 fully saturated rings. The third kappa shape index (κ3) is 4.33. The maximum absolute atomic E-state index is 11.9. The van der Waals surface area contributed by atoms with Gasteiger partial charge in [-0.15, -0.1) is 0 Å². The van der Waals surface area contributed by atoms with Gasteiger partial charge in [0, 0.05) is 58.5 Å². The van der Waals surface area contributed by atoms with Crippen LogP contribution in [0.25, 0.3) is 0 Å². The van der Waals surface area contributed by atoms with E-state index in [1.807, 2.05) is 22.7 Å². The zero-order chi connectivity index (χ0) is 13.5. The highest BCUT2D eigenvalue weighted by Gasteiger charge is 2.15. The van der Waals surface area contributed by atoms with Gasteiger partial charge in [-0.1, -0.05) is 0 Å². The molecular formula is C13H22N4O2. The number of carbonyl (C=O) groups is 1. The van der Waals surface area contributed by atoms with Gasteiger partial charge >= 0.3 is 0 Å². The van der Waals surface area contributed by atoms with Crippen molar-refractivity contribution in [1.82, 2.24) is 19.8 Å². The fraction of sp³-hybridized carbons (Fsp3) is 0.692. The molecule has 0 bridgehead atoms. The average molecular weight is 266 g/mol. The van der Waals surface area contributed by atoms with Gasteiger partial charge in [-0.25, -0.2) is 4.98 Å². The Morgan fingerprint density at radius 1 is 1.42 bits per heavy atom. The molecule has 6 nitrogen and oxygen atoms in total. The summed E-state index contributed by atoms with van der Waals surface area (Å²) in [6, 6.07) is 0. The predicted molar refractivity (Wildman–Crippen MR) is 71.8 cm³/mol. The van der Waals surface area contributed by atoms with E-state index < -0.39 is 0 Å². The van der Waals surface area contributed by atoms with Gasteiger partial charge in [0.2, 0.25) is 5.91 Å². The van der Waals surface area contributed by atoms with Crippen LogP contribution in [-0.4, -0.2) is 59.8 Å². The molecule has 0 spiro atoms. The fourth-order valence-corrected chi connectivity index (χ4v) is 2.13. The first-order valence-electron chi connectivity index (χ1n) is 6.80. The number of aryl methyl sites for hydroxylation is 1. The van der Waals surface area contributed by atoms with E-state index in [4.69, 9.17) is 4.74 Å². The Kier molecular flexibility index (Phi) is 5.35. The fourth-order valence-electron chi connectivity index (χ4n) is 2.13. The lowest BCUT2D eigenvalue weighted by Gasteiger charge is -2.26. The Morgan fingerprint density at radius 2 is 2.21 bits per heavy atom. The molecule has 2 rings (SSSR count). The number of amides is 1. The second-order valence-electron chi connectivity index (χ2n) is 4.70. The molecule has 0 saturated carbocycles. The Bertz CT molecular complexity index is 399. The lowest BCUT2D eigenvalue weighted by molar-refractivity contribution is -0.135. The first kappa shape index (κ1) is 14.0. The number of morpholine rings is 1. The number of nitrogens with zero attached hydrogens (tertiary/aromatic N) is 3. The van der Waals surface area contributed by atoms with Crippen LogP contribution >= 0.6 is 0 Å². The number of hydrogen-bond donors (Lipinski definition) is 1. The van der Waals surface area contributed by atoms with E-state index in [9.17, 15) is 4.79 Å². The third-order valence-electron chi connectivity index (χ3n) is 3.33. The molecule has 2 heterocycles. The Balaban J connectivity index is 1.56. The Morgan fingerprint density at radius 3 is 2.89 bits per heavy atom. The topological polar surface area (TPSA) is 59.4 Å². The molecule has 1 aromatic heterocycles. The number of imidazole rings is 1. The molecule has 1 saturated heterocycles. The van der Waals surface area contributed by atoms with Crippen LogP contribution in [0, 0.1) is 0 Å². The highest BCUT2D eigenvalue weighted by atomic mass is 16.5. The largest absolute Gasteiger partial charge is 0.378 e. The van der Waals surface area contributed by atoms with Crippen molar-refractivity contribution in [2.45, 2.75) is 12.8 Å². The summed E-state index contributed by atoms with van der Waals surface area (Å²) in [6.07, 6.45) is 5.18. The van der Waals surface area contributed by atoms with Gasteiger partial charge in [-0.05, 0) is 0 Å². The monoisotopic (exact) mass is 266 g/mol. The summed E-state index contributed by atoms with van der Waals surface area (Å²) in [4.78, 5) is 18.0. The Hall–Kier alpha value is -1.40. The lowest BCUT2D eigenvalue weighted by Crippen LogP contribution is -2.41. The summed E-state index contributed by atoms with van der Waals surface area (Å²) in [5.74, 6) is 1.28. The van der Waals surface area contributed by atoms with Gasteiger partial charge in [0.05, 0.1) is 13.2 Å². The van der Waals surface area contributed by atoms with Crippen LogP contribution in [0.3, 0.4) is 0 Å². The number of carbonyl (C=O) groups excluding carboxylic acids is 1. The number of nitrogens with one attached hydrogen (secondary N) is 1. The molecule has 0 aromatic carbocycles. The van der Waals surface area contributed by atoms with Crippen molar-refractivity contribution in [3.63, 3.8) is 0 Å². The van der Waals surface area contributed by atoms with Gasteiger partial charge < -0.3 is 19.5 Å². The molecule has 0 atom stereocenters. The summed E-state index contributed by atoms with van der Waals surface area (Å²) < 4.78 is 7.24. The summed E-state index contributed by atoms with van der Waals surface area (Å²) in [5.41, 5.74) is 0. The van der Waals surface area contributed by atoms with Crippen molar-refractivity contribution < 1.29 is 9.53 Å². The maximum Gasteiger partial charge on any atom is 0.224 e. The average Bonchev–Trinajstić information content (AvgIpc) is 2.85. The van der Waals surface area contributed by atoms with E-state index >= 15 is 0 Å². The quantitative estimate of drug-likeness (QED) is 0.725. The highest BCUT2D eigenvalue weighted by Crippen LogP contribution is 1.99. The van der Waals surface area contributed by atoms with Crippen LogP contribution in [0.2, 0.25) is 0 Å². The first-order valence-corrected chi connectivity index (χ1v) is 6.80. The molecule has 1 aliphatic heterocycles. The van der Waals surface area contributed by atoms with E-state index in [-0.39, 0.29) is 5.91 Å². The molecule has 6 heteroatoms. The number of rotatable bonds is 6. The predicted octanol–water partition coefficient (Wildman–Crippen LogP) is -0.199. The number of hydrogen-bond acceptors (Lipinski definition) is 4. The second-order valence-corrected chi connectivity index (χ2v) is 4.70. The van der Waals surface area contributed by atoms with Crippen molar-refractivity contribution in [3.05, 3.63) is 18.2 Å².